The molecule has 0 heterocycles. The third-order valence-corrected chi connectivity index (χ3v) is 4.47. The quantitative estimate of drug-likeness (QED) is 0.676. The second-order valence-corrected chi connectivity index (χ2v) is 6.51. The molecule has 26 heavy (non-hydrogen) atoms. The average molecular weight is 344 g/mol. The number of benzene rings is 3. The van der Waals surface area contributed by atoms with Gasteiger partial charge in [-0.2, -0.15) is 0 Å². The monoisotopic (exact) mass is 344 g/mol. The highest BCUT2D eigenvalue weighted by Crippen LogP contribution is 2.18. The molecule has 0 radical (unpaired) electrons. The van der Waals surface area contributed by atoms with E-state index in [0.717, 1.165) is 11.3 Å². The SMILES string of the molecule is Cc1ccc(NC(=O)[C@H](NCc2ccccc2C)c2ccccc2)cc1. The van der Waals surface area contributed by atoms with Crippen molar-refractivity contribution in [2.45, 2.75) is 26.4 Å². The Bertz CT molecular complexity index is 857. The number of hydrogen-bond donors (Lipinski definition) is 2. The van der Waals surface area contributed by atoms with Gasteiger partial charge in [0.2, 0.25) is 5.91 Å². The topological polar surface area (TPSA) is 41.1 Å². The van der Waals surface area contributed by atoms with Crippen LogP contribution < -0.4 is 10.6 Å². The van der Waals surface area contributed by atoms with E-state index in [1.54, 1.807) is 0 Å². The summed E-state index contributed by atoms with van der Waals surface area (Å²) in [6.07, 6.45) is 0. The maximum Gasteiger partial charge on any atom is 0.246 e. The molecule has 3 aromatic rings. The fourth-order valence-electron chi connectivity index (χ4n) is 2.88. The van der Waals surface area contributed by atoms with Gasteiger partial charge in [-0.15, -0.1) is 0 Å². The number of carbonyl (C=O) groups is 1. The average Bonchev–Trinajstić information content (AvgIpc) is 2.66. The summed E-state index contributed by atoms with van der Waals surface area (Å²) in [5, 5.41) is 6.43. The largest absolute Gasteiger partial charge is 0.324 e. The van der Waals surface area contributed by atoms with Gasteiger partial charge in [-0.25, -0.2) is 0 Å². The molecule has 3 aromatic carbocycles. The van der Waals surface area contributed by atoms with Gasteiger partial charge in [-0.3, -0.25) is 10.1 Å². The van der Waals surface area contributed by atoms with Crippen LogP contribution >= 0.6 is 0 Å². The number of hydrogen-bond acceptors (Lipinski definition) is 2. The van der Waals surface area contributed by atoms with Crippen LogP contribution in [0.3, 0.4) is 0 Å². The van der Waals surface area contributed by atoms with Crippen molar-refractivity contribution in [2.24, 2.45) is 0 Å². The molecule has 0 saturated heterocycles. The Morgan fingerprint density at radius 3 is 2.19 bits per heavy atom. The molecule has 0 aliphatic carbocycles. The minimum Gasteiger partial charge on any atom is -0.324 e. The van der Waals surface area contributed by atoms with E-state index in [-0.39, 0.29) is 5.91 Å². The predicted octanol–water partition coefficient (Wildman–Crippen LogP) is 4.77. The normalized spacial score (nSPS) is 11.8. The van der Waals surface area contributed by atoms with Gasteiger partial charge in [0.05, 0.1) is 0 Å². The molecule has 132 valence electrons. The van der Waals surface area contributed by atoms with E-state index < -0.39 is 6.04 Å². The first kappa shape index (κ1) is 17.9. The molecule has 0 bridgehead atoms. The molecule has 3 nitrogen and oxygen atoms in total. The van der Waals surface area contributed by atoms with Crippen LogP contribution in [0.25, 0.3) is 0 Å². The van der Waals surface area contributed by atoms with Gasteiger partial charge in [-0.1, -0.05) is 72.3 Å². The highest BCUT2D eigenvalue weighted by atomic mass is 16.2. The van der Waals surface area contributed by atoms with E-state index in [1.807, 2.05) is 73.7 Å². The second kappa shape index (κ2) is 8.45. The molecule has 0 saturated carbocycles. The summed E-state index contributed by atoms with van der Waals surface area (Å²) in [5.74, 6) is -0.0614. The zero-order valence-electron chi connectivity index (χ0n) is 15.2. The summed E-state index contributed by atoms with van der Waals surface area (Å²) < 4.78 is 0. The van der Waals surface area contributed by atoms with Crippen LogP contribution in [0.4, 0.5) is 5.69 Å². The van der Waals surface area contributed by atoms with Crippen LogP contribution in [0.15, 0.2) is 78.9 Å². The lowest BCUT2D eigenvalue weighted by Crippen LogP contribution is -2.32. The van der Waals surface area contributed by atoms with Gasteiger partial charge >= 0.3 is 0 Å². The van der Waals surface area contributed by atoms with Crippen LogP contribution in [0.2, 0.25) is 0 Å². The van der Waals surface area contributed by atoms with E-state index in [9.17, 15) is 4.79 Å². The van der Waals surface area contributed by atoms with Crippen LogP contribution in [0.1, 0.15) is 28.3 Å². The zero-order valence-corrected chi connectivity index (χ0v) is 15.2. The summed E-state index contributed by atoms with van der Waals surface area (Å²) in [6, 6.07) is 25.5. The van der Waals surface area contributed by atoms with Crippen molar-refractivity contribution >= 4 is 11.6 Å². The van der Waals surface area contributed by atoms with Crippen molar-refractivity contribution in [3.05, 3.63) is 101 Å². The number of amides is 1. The molecule has 0 fully saturated rings. The summed E-state index contributed by atoms with van der Waals surface area (Å²) in [5.41, 5.74) is 5.33. The van der Waals surface area contributed by atoms with Gasteiger partial charge in [0.15, 0.2) is 0 Å². The molecule has 1 atom stereocenters. The lowest BCUT2D eigenvalue weighted by atomic mass is 10.0. The smallest absolute Gasteiger partial charge is 0.246 e. The maximum absolute atomic E-state index is 12.9. The molecular weight excluding hydrogens is 320 g/mol. The van der Waals surface area contributed by atoms with Crippen molar-refractivity contribution in [3.63, 3.8) is 0 Å². The number of nitrogens with one attached hydrogen (secondary N) is 2. The number of carbonyl (C=O) groups excluding carboxylic acids is 1. The molecule has 3 rings (SSSR count). The van der Waals surface area contributed by atoms with Crippen molar-refractivity contribution in [1.82, 2.24) is 5.32 Å². The third-order valence-electron chi connectivity index (χ3n) is 4.47. The van der Waals surface area contributed by atoms with E-state index in [0.29, 0.717) is 6.54 Å². The first-order chi connectivity index (χ1) is 12.6. The molecule has 0 aliphatic heterocycles. The van der Waals surface area contributed by atoms with Crippen LogP contribution in [-0.2, 0) is 11.3 Å². The van der Waals surface area contributed by atoms with Gasteiger partial charge in [0.25, 0.3) is 0 Å². The maximum atomic E-state index is 12.9. The highest BCUT2D eigenvalue weighted by molar-refractivity contribution is 5.95. The minimum atomic E-state index is -0.419. The van der Waals surface area contributed by atoms with Crippen molar-refractivity contribution in [2.75, 3.05) is 5.32 Å². The van der Waals surface area contributed by atoms with E-state index in [4.69, 9.17) is 0 Å². The first-order valence-corrected chi connectivity index (χ1v) is 8.84. The fourth-order valence-corrected chi connectivity index (χ4v) is 2.88. The summed E-state index contributed by atoms with van der Waals surface area (Å²) >= 11 is 0. The van der Waals surface area contributed by atoms with Gasteiger partial charge in [-0.05, 0) is 42.7 Å². The van der Waals surface area contributed by atoms with E-state index >= 15 is 0 Å². The number of rotatable bonds is 6. The Kier molecular flexibility index (Phi) is 5.82. The minimum absolute atomic E-state index is 0.0614. The summed E-state index contributed by atoms with van der Waals surface area (Å²) in [7, 11) is 0. The van der Waals surface area contributed by atoms with Crippen molar-refractivity contribution in [1.29, 1.82) is 0 Å². The number of aryl methyl sites for hydroxylation is 2. The van der Waals surface area contributed by atoms with Gasteiger partial charge < -0.3 is 5.32 Å². The Balaban J connectivity index is 1.78. The standard InChI is InChI=1S/C23H24N2O/c1-17-12-14-21(15-13-17)25-23(26)22(19-9-4-3-5-10-19)24-16-20-11-7-6-8-18(20)2/h3-15,22,24H,16H2,1-2H3,(H,25,26)/t22-/m1/s1. The molecule has 0 spiro atoms. The first-order valence-electron chi connectivity index (χ1n) is 8.84. The molecule has 0 unspecified atom stereocenters. The molecule has 1 amide bonds. The highest BCUT2D eigenvalue weighted by Gasteiger charge is 2.20. The van der Waals surface area contributed by atoms with Crippen LogP contribution in [0.5, 0.6) is 0 Å². The zero-order chi connectivity index (χ0) is 18.4. The summed E-state index contributed by atoms with van der Waals surface area (Å²) in [6.45, 7) is 4.75. The van der Waals surface area contributed by atoms with Crippen molar-refractivity contribution in [3.8, 4) is 0 Å². The predicted molar refractivity (Wildman–Crippen MR) is 107 cm³/mol. The van der Waals surface area contributed by atoms with E-state index in [2.05, 4.69) is 29.7 Å². The number of anilines is 1. The van der Waals surface area contributed by atoms with Gasteiger partial charge in [0, 0.05) is 12.2 Å². The molecule has 2 N–H and O–H groups in total. The molecule has 0 aromatic heterocycles. The molecule has 3 heteroatoms. The third kappa shape index (κ3) is 4.58. The van der Waals surface area contributed by atoms with Crippen molar-refractivity contribution < 1.29 is 4.79 Å². The molecule has 0 aliphatic rings. The fraction of sp³-hybridized carbons (Fsp3) is 0.174. The lowest BCUT2D eigenvalue weighted by Gasteiger charge is -2.20. The summed E-state index contributed by atoms with van der Waals surface area (Å²) in [4.78, 5) is 12.9. The van der Waals surface area contributed by atoms with Crippen LogP contribution in [0, 0.1) is 13.8 Å². The molecular formula is C23H24N2O. The Morgan fingerprint density at radius 2 is 1.50 bits per heavy atom. The second-order valence-electron chi connectivity index (χ2n) is 6.51. The Labute approximate surface area is 155 Å². The van der Waals surface area contributed by atoms with Crippen LogP contribution in [-0.4, -0.2) is 5.91 Å². The van der Waals surface area contributed by atoms with Gasteiger partial charge in [0.1, 0.15) is 6.04 Å². The van der Waals surface area contributed by atoms with E-state index in [1.165, 1.54) is 16.7 Å². The Morgan fingerprint density at radius 1 is 0.846 bits per heavy atom. The lowest BCUT2D eigenvalue weighted by molar-refractivity contribution is -0.118. The Hall–Kier alpha value is -2.91.